The van der Waals surface area contributed by atoms with Gasteiger partial charge in [-0.3, -0.25) is 9.59 Å². The molecule has 0 aromatic heterocycles. The van der Waals surface area contributed by atoms with Crippen molar-refractivity contribution >= 4 is 29.7 Å². The standard InChI is InChI=1S/C15H20O6.C7H10N2O2/c1-5-12(16)19-9-15(8-4,10-20-13(17)6-2)11-21-14(18)7-3;1-4(6(8)10)3-5(2)7(9)11/h5-7H,1-3,8-11H2,4H3;1-3H2,(H2,8,10)(H2,9,11). The first kappa shape index (κ1) is 30.2. The summed E-state index contributed by atoms with van der Waals surface area (Å²) in [5.41, 5.74) is 9.13. The Morgan fingerprint density at radius 1 is 0.719 bits per heavy atom. The van der Waals surface area contributed by atoms with Gasteiger partial charge in [-0.15, -0.1) is 0 Å². The summed E-state index contributed by atoms with van der Waals surface area (Å²) in [6.45, 7) is 18.1. The Morgan fingerprint density at radius 3 is 1.19 bits per heavy atom. The van der Waals surface area contributed by atoms with Crippen molar-refractivity contribution in [1.29, 1.82) is 0 Å². The Balaban J connectivity index is 0. The Bertz CT molecular complexity index is 699. The highest BCUT2D eigenvalue weighted by Gasteiger charge is 2.33. The molecular formula is C22H30N2O8. The van der Waals surface area contributed by atoms with Crippen LogP contribution in [0.1, 0.15) is 19.8 Å². The van der Waals surface area contributed by atoms with Crippen LogP contribution in [0.3, 0.4) is 0 Å². The van der Waals surface area contributed by atoms with Gasteiger partial charge >= 0.3 is 17.9 Å². The highest BCUT2D eigenvalue weighted by Crippen LogP contribution is 2.24. The second kappa shape index (κ2) is 15.8. The summed E-state index contributed by atoms with van der Waals surface area (Å²) in [7, 11) is 0. The van der Waals surface area contributed by atoms with Crippen molar-refractivity contribution in [2.45, 2.75) is 19.8 Å². The predicted molar refractivity (Wildman–Crippen MR) is 117 cm³/mol. The molecule has 176 valence electrons. The molecule has 0 atom stereocenters. The zero-order valence-electron chi connectivity index (χ0n) is 18.2. The number of hydrogen-bond acceptors (Lipinski definition) is 8. The van der Waals surface area contributed by atoms with Crippen molar-refractivity contribution < 1.29 is 38.2 Å². The summed E-state index contributed by atoms with van der Waals surface area (Å²) < 4.78 is 15.0. The normalized spacial score (nSPS) is 9.66. The van der Waals surface area contributed by atoms with E-state index in [1.165, 1.54) is 0 Å². The number of carbonyl (C=O) groups is 5. The molecule has 10 nitrogen and oxygen atoms in total. The third kappa shape index (κ3) is 13.3. The van der Waals surface area contributed by atoms with E-state index < -0.39 is 35.1 Å². The molecule has 0 aliphatic carbocycles. The molecule has 0 heterocycles. The van der Waals surface area contributed by atoms with Gasteiger partial charge in [0.1, 0.15) is 19.8 Å². The van der Waals surface area contributed by atoms with Crippen LogP contribution in [0, 0.1) is 5.41 Å². The van der Waals surface area contributed by atoms with Crippen molar-refractivity contribution in [2.75, 3.05) is 19.8 Å². The van der Waals surface area contributed by atoms with Gasteiger partial charge in [-0.1, -0.05) is 39.8 Å². The minimum Gasteiger partial charge on any atom is -0.462 e. The monoisotopic (exact) mass is 450 g/mol. The van der Waals surface area contributed by atoms with E-state index in [4.69, 9.17) is 25.7 Å². The molecule has 4 N–H and O–H groups in total. The van der Waals surface area contributed by atoms with Crippen LogP contribution in [0.2, 0.25) is 0 Å². The van der Waals surface area contributed by atoms with Crippen molar-refractivity contribution in [3.8, 4) is 0 Å². The summed E-state index contributed by atoms with van der Waals surface area (Å²) in [6, 6.07) is 0. The summed E-state index contributed by atoms with van der Waals surface area (Å²) in [5, 5.41) is 0. The molecule has 0 spiro atoms. The minimum atomic E-state index is -0.837. The van der Waals surface area contributed by atoms with Crippen molar-refractivity contribution in [1.82, 2.24) is 0 Å². The Hall–Kier alpha value is -3.95. The van der Waals surface area contributed by atoms with Crippen LogP contribution in [0.25, 0.3) is 0 Å². The van der Waals surface area contributed by atoms with Crippen molar-refractivity contribution in [3.05, 3.63) is 62.3 Å². The first-order chi connectivity index (χ1) is 14.9. The van der Waals surface area contributed by atoms with Gasteiger partial charge in [0, 0.05) is 35.8 Å². The highest BCUT2D eigenvalue weighted by atomic mass is 16.6. The molecule has 0 aromatic rings. The molecule has 0 radical (unpaired) electrons. The molecule has 0 saturated carbocycles. The van der Waals surface area contributed by atoms with Gasteiger partial charge in [-0.2, -0.15) is 0 Å². The molecule has 0 bridgehead atoms. The predicted octanol–water partition coefficient (Wildman–Crippen LogP) is 1.03. The topological polar surface area (TPSA) is 165 Å². The smallest absolute Gasteiger partial charge is 0.330 e. The van der Waals surface area contributed by atoms with Gasteiger partial charge in [0.2, 0.25) is 11.8 Å². The zero-order chi connectivity index (χ0) is 25.3. The van der Waals surface area contributed by atoms with Crippen LogP contribution in [0.5, 0.6) is 0 Å². The number of rotatable bonds is 14. The van der Waals surface area contributed by atoms with E-state index in [0.717, 1.165) is 18.2 Å². The van der Waals surface area contributed by atoms with E-state index in [2.05, 4.69) is 32.9 Å². The second-order valence-corrected chi connectivity index (χ2v) is 6.40. The van der Waals surface area contributed by atoms with Crippen LogP contribution in [0.15, 0.2) is 62.3 Å². The lowest BCUT2D eigenvalue weighted by Gasteiger charge is -2.30. The maximum Gasteiger partial charge on any atom is 0.330 e. The van der Waals surface area contributed by atoms with Gasteiger partial charge in [-0.05, 0) is 6.42 Å². The number of ether oxygens (including phenoxy) is 3. The Morgan fingerprint density at radius 2 is 1.00 bits per heavy atom. The Labute approximate surface area is 187 Å². The quantitative estimate of drug-likeness (QED) is 0.225. The highest BCUT2D eigenvalue weighted by molar-refractivity contribution is 5.97. The average Bonchev–Trinajstić information content (AvgIpc) is 2.78. The van der Waals surface area contributed by atoms with E-state index in [1.807, 2.05) is 0 Å². The van der Waals surface area contributed by atoms with E-state index in [1.54, 1.807) is 6.92 Å². The molecule has 0 saturated heterocycles. The Kier molecular flexibility index (Phi) is 15.0. The van der Waals surface area contributed by atoms with Crippen LogP contribution in [0.4, 0.5) is 0 Å². The number of amides is 2. The van der Waals surface area contributed by atoms with Gasteiger partial charge in [0.05, 0.1) is 5.41 Å². The molecule has 32 heavy (non-hydrogen) atoms. The molecule has 10 heteroatoms. The fourth-order valence-corrected chi connectivity index (χ4v) is 1.71. The fraction of sp³-hybridized carbons (Fsp3) is 0.318. The molecule has 0 aromatic carbocycles. The third-order valence-corrected chi connectivity index (χ3v) is 3.94. The largest absolute Gasteiger partial charge is 0.462 e. The first-order valence-corrected chi connectivity index (χ1v) is 9.20. The SMILES string of the molecule is C=C(CC(=C)C(N)=O)C(N)=O.C=CC(=O)OCC(CC)(COC(=O)C=C)COC(=O)C=C. The van der Waals surface area contributed by atoms with E-state index in [0.29, 0.717) is 6.42 Å². The van der Waals surface area contributed by atoms with Gasteiger partial charge in [0.15, 0.2) is 0 Å². The van der Waals surface area contributed by atoms with Crippen LogP contribution in [-0.2, 0) is 38.2 Å². The lowest BCUT2D eigenvalue weighted by atomic mass is 9.88. The van der Waals surface area contributed by atoms with Crippen LogP contribution in [-0.4, -0.2) is 49.5 Å². The molecule has 0 rings (SSSR count). The van der Waals surface area contributed by atoms with E-state index in [-0.39, 0.29) is 37.4 Å². The van der Waals surface area contributed by atoms with Gasteiger partial charge in [-0.25, -0.2) is 14.4 Å². The molecule has 2 amide bonds. The number of hydrogen-bond donors (Lipinski definition) is 2. The molecule has 0 aliphatic heterocycles. The summed E-state index contributed by atoms with van der Waals surface area (Å²) >= 11 is 0. The van der Waals surface area contributed by atoms with E-state index in [9.17, 15) is 24.0 Å². The molecule has 0 unspecified atom stereocenters. The fourth-order valence-electron chi connectivity index (χ4n) is 1.71. The lowest BCUT2D eigenvalue weighted by Crippen LogP contribution is -2.38. The summed E-state index contributed by atoms with van der Waals surface area (Å²) in [5.74, 6) is -3.13. The maximum absolute atomic E-state index is 11.2. The zero-order valence-corrected chi connectivity index (χ0v) is 18.2. The van der Waals surface area contributed by atoms with Crippen molar-refractivity contribution in [2.24, 2.45) is 16.9 Å². The van der Waals surface area contributed by atoms with Crippen LogP contribution < -0.4 is 11.5 Å². The molecular weight excluding hydrogens is 420 g/mol. The minimum absolute atomic E-state index is 0.0463. The third-order valence-electron chi connectivity index (χ3n) is 3.94. The summed E-state index contributed by atoms with van der Waals surface area (Å²) in [4.78, 5) is 54.3. The van der Waals surface area contributed by atoms with E-state index >= 15 is 0 Å². The van der Waals surface area contributed by atoms with Gasteiger partial charge in [0.25, 0.3) is 0 Å². The number of esters is 3. The molecule has 0 fully saturated rings. The number of carbonyl (C=O) groups excluding carboxylic acids is 5. The number of primary amides is 2. The molecule has 0 aliphatic rings. The average molecular weight is 450 g/mol. The summed E-state index contributed by atoms with van der Waals surface area (Å²) in [6.07, 6.45) is 3.56. The van der Waals surface area contributed by atoms with Crippen molar-refractivity contribution in [3.63, 3.8) is 0 Å². The maximum atomic E-state index is 11.2. The first-order valence-electron chi connectivity index (χ1n) is 9.20. The second-order valence-electron chi connectivity index (χ2n) is 6.40. The van der Waals surface area contributed by atoms with Gasteiger partial charge < -0.3 is 25.7 Å². The lowest BCUT2D eigenvalue weighted by molar-refractivity contribution is -0.156. The number of nitrogens with two attached hydrogens (primary N) is 2. The van der Waals surface area contributed by atoms with Crippen LogP contribution >= 0.6 is 0 Å².